The summed E-state index contributed by atoms with van der Waals surface area (Å²) in [6.07, 6.45) is 0. The monoisotopic (exact) mass is 337 g/mol. The molecule has 0 aliphatic carbocycles. The van der Waals surface area contributed by atoms with Gasteiger partial charge in [-0.2, -0.15) is 5.10 Å². The first-order chi connectivity index (χ1) is 12.1. The molecule has 1 heterocycles. The van der Waals surface area contributed by atoms with Crippen molar-refractivity contribution in [2.45, 2.75) is 13.5 Å². The summed E-state index contributed by atoms with van der Waals surface area (Å²) in [7, 11) is 0. The van der Waals surface area contributed by atoms with Gasteiger partial charge in [0.15, 0.2) is 6.61 Å². The van der Waals surface area contributed by atoms with Crippen LogP contribution >= 0.6 is 0 Å². The highest BCUT2D eigenvalue weighted by Gasteiger charge is 2.04. The minimum atomic E-state index is -0.242. The number of benzene rings is 2. The Morgan fingerprint density at radius 1 is 1.12 bits per heavy atom. The fourth-order valence-electron chi connectivity index (χ4n) is 2.47. The second kappa shape index (κ2) is 7.61. The van der Waals surface area contributed by atoms with E-state index in [1.165, 1.54) is 10.7 Å². The fourth-order valence-corrected chi connectivity index (χ4v) is 2.47. The predicted octanol–water partition coefficient (Wildman–Crippen LogP) is 1.90. The van der Waals surface area contributed by atoms with Crippen molar-refractivity contribution in [3.05, 3.63) is 70.6 Å². The summed E-state index contributed by atoms with van der Waals surface area (Å²) < 4.78 is 6.86. The molecular weight excluding hydrogens is 318 g/mol. The first-order valence-electron chi connectivity index (χ1n) is 8.05. The molecule has 0 spiro atoms. The average Bonchev–Trinajstić information content (AvgIpc) is 2.62. The third-order valence-corrected chi connectivity index (χ3v) is 3.74. The second-order valence-electron chi connectivity index (χ2n) is 5.68. The number of carbonyl (C=O) groups excluding carboxylic acids is 1. The Hall–Kier alpha value is -3.15. The van der Waals surface area contributed by atoms with Gasteiger partial charge in [-0.1, -0.05) is 30.3 Å². The number of hydrogen-bond acceptors (Lipinski definition) is 4. The first kappa shape index (κ1) is 16.7. The van der Waals surface area contributed by atoms with E-state index in [-0.39, 0.29) is 18.1 Å². The molecule has 0 atom stereocenters. The standard InChI is InChI=1S/C19H19N3O3/c1-14-6-9-19(24)22(21-14)11-10-20-18(23)13-25-17-8-7-15-4-2-3-5-16(15)12-17/h2-9,12H,10-11,13H2,1H3,(H,20,23). The van der Waals surface area contributed by atoms with Crippen LogP contribution in [0.2, 0.25) is 0 Å². The Kier molecular flexibility index (Phi) is 5.09. The number of hydrogen-bond donors (Lipinski definition) is 1. The van der Waals surface area contributed by atoms with Gasteiger partial charge in [0.1, 0.15) is 5.75 Å². The van der Waals surface area contributed by atoms with Crippen LogP contribution in [-0.2, 0) is 11.3 Å². The van der Waals surface area contributed by atoms with E-state index in [0.717, 1.165) is 16.5 Å². The van der Waals surface area contributed by atoms with Crippen LogP contribution in [0.15, 0.2) is 59.4 Å². The Bertz CT molecular complexity index is 950. The molecule has 0 aliphatic heterocycles. The number of nitrogens with one attached hydrogen (secondary N) is 1. The van der Waals surface area contributed by atoms with Gasteiger partial charge < -0.3 is 10.1 Å². The van der Waals surface area contributed by atoms with Crippen molar-refractivity contribution in [1.82, 2.24) is 15.1 Å². The van der Waals surface area contributed by atoms with Crippen molar-refractivity contribution in [2.75, 3.05) is 13.2 Å². The lowest BCUT2D eigenvalue weighted by Crippen LogP contribution is -2.34. The quantitative estimate of drug-likeness (QED) is 0.746. The summed E-state index contributed by atoms with van der Waals surface area (Å²) in [6, 6.07) is 16.8. The largest absolute Gasteiger partial charge is 0.484 e. The van der Waals surface area contributed by atoms with Crippen molar-refractivity contribution >= 4 is 16.7 Å². The molecule has 0 radical (unpaired) electrons. The summed E-state index contributed by atoms with van der Waals surface area (Å²) >= 11 is 0. The summed E-state index contributed by atoms with van der Waals surface area (Å²) in [5.74, 6) is 0.402. The number of carbonyl (C=O) groups is 1. The van der Waals surface area contributed by atoms with Crippen LogP contribution in [0.4, 0.5) is 0 Å². The highest BCUT2D eigenvalue weighted by molar-refractivity contribution is 5.84. The molecule has 1 N–H and O–H groups in total. The lowest BCUT2D eigenvalue weighted by molar-refractivity contribution is -0.123. The number of fused-ring (bicyclic) bond motifs is 1. The van der Waals surface area contributed by atoms with Crippen LogP contribution in [0.25, 0.3) is 10.8 Å². The van der Waals surface area contributed by atoms with Gasteiger partial charge in [0.05, 0.1) is 12.2 Å². The molecule has 128 valence electrons. The van der Waals surface area contributed by atoms with Gasteiger partial charge in [-0.15, -0.1) is 0 Å². The van der Waals surface area contributed by atoms with Gasteiger partial charge >= 0.3 is 0 Å². The van der Waals surface area contributed by atoms with Crippen LogP contribution in [0.5, 0.6) is 5.75 Å². The number of aromatic nitrogens is 2. The predicted molar refractivity (Wildman–Crippen MR) is 95.7 cm³/mol. The lowest BCUT2D eigenvalue weighted by atomic mass is 10.1. The molecule has 3 rings (SSSR count). The fraction of sp³-hybridized carbons (Fsp3) is 0.211. The van der Waals surface area contributed by atoms with E-state index in [4.69, 9.17) is 4.74 Å². The first-order valence-corrected chi connectivity index (χ1v) is 8.05. The van der Waals surface area contributed by atoms with Gasteiger partial charge in [0, 0.05) is 12.6 Å². The third-order valence-electron chi connectivity index (χ3n) is 3.74. The zero-order valence-electron chi connectivity index (χ0n) is 13.9. The Morgan fingerprint density at radius 2 is 1.92 bits per heavy atom. The lowest BCUT2D eigenvalue weighted by Gasteiger charge is -2.09. The molecule has 0 aliphatic rings. The zero-order chi connectivity index (χ0) is 17.6. The molecule has 0 saturated heterocycles. The van der Waals surface area contributed by atoms with Crippen LogP contribution in [0, 0.1) is 6.92 Å². The molecular formula is C19H19N3O3. The molecule has 6 nitrogen and oxygen atoms in total. The molecule has 0 saturated carbocycles. The minimum absolute atomic E-state index is 0.0749. The highest BCUT2D eigenvalue weighted by Crippen LogP contribution is 2.20. The molecule has 1 aromatic heterocycles. The van der Waals surface area contributed by atoms with Gasteiger partial charge in [-0.25, -0.2) is 4.68 Å². The van der Waals surface area contributed by atoms with Gasteiger partial charge in [0.2, 0.25) is 0 Å². The maximum atomic E-state index is 11.9. The van der Waals surface area contributed by atoms with E-state index in [2.05, 4.69) is 10.4 Å². The van der Waals surface area contributed by atoms with Crippen molar-refractivity contribution in [1.29, 1.82) is 0 Å². The molecule has 2 aromatic carbocycles. The van der Waals surface area contributed by atoms with E-state index in [0.29, 0.717) is 18.8 Å². The number of nitrogens with zero attached hydrogens (tertiary/aromatic N) is 2. The van der Waals surface area contributed by atoms with E-state index in [1.807, 2.05) is 49.4 Å². The number of amides is 1. The molecule has 25 heavy (non-hydrogen) atoms. The topological polar surface area (TPSA) is 73.2 Å². The van der Waals surface area contributed by atoms with Crippen molar-refractivity contribution in [2.24, 2.45) is 0 Å². The Labute approximate surface area is 145 Å². The summed E-state index contributed by atoms with van der Waals surface area (Å²) in [5.41, 5.74) is 0.567. The third kappa shape index (κ3) is 4.44. The Balaban J connectivity index is 1.49. The smallest absolute Gasteiger partial charge is 0.266 e. The van der Waals surface area contributed by atoms with Gasteiger partial charge in [-0.05, 0) is 35.9 Å². The van der Waals surface area contributed by atoms with Crippen LogP contribution in [0.3, 0.4) is 0 Å². The summed E-state index contributed by atoms with van der Waals surface area (Å²) in [6.45, 7) is 2.37. The maximum absolute atomic E-state index is 11.9. The molecule has 3 aromatic rings. The van der Waals surface area contributed by atoms with E-state index in [9.17, 15) is 9.59 Å². The molecule has 0 bridgehead atoms. The number of ether oxygens (including phenoxy) is 1. The van der Waals surface area contributed by atoms with Crippen LogP contribution in [0.1, 0.15) is 5.69 Å². The minimum Gasteiger partial charge on any atom is -0.484 e. The zero-order valence-corrected chi connectivity index (χ0v) is 13.9. The van der Waals surface area contributed by atoms with Crippen LogP contribution < -0.4 is 15.6 Å². The van der Waals surface area contributed by atoms with Crippen molar-refractivity contribution < 1.29 is 9.53 Å². The average molecular weight is 337 g/mol. The molecule has 1 amide bonds. The van der Waals surface area contributed by atoms with Gasteiger partial charge in [0.25, 0.3) is 11.5 Å². The van der Waals surface area contributed by atoms with E-state index in [1.54, 1.807) is 6.07 Å². The van der Waals surface area contributed by atoms with Crippen molar-refractivity contribution in [3.63, 3.8) is 0 Å². The van der Waals surface area contributed by atoms with Gasteiger partial charge in [-0.3, -0.25) is 9.59 Å². The molecule has 0 unspecified atom stereocenters. The SMILES string of the molecule is Cc1ccc(=O)n(CCNC(=O)COc2ccc3ccccc3c2)n1. The molecule has 6 heteroatoms. The maximum Gasteiger partial charge on any atom is 0.266 e. The van der Waals surface area contributed by atoms with E-state index < -0.39 is 0 Å². The van der Waals surface area contributed by atoms with Crippen molar-refractivity contribution in [3.8, 4) is 5.75 Å². The van der Waals surface area contributed by atoms with E-state index >= 15 is 0 Å². The Morgan fingerprint density at radius 3 is 2.76 bits per heavy atom. The summed E-state index contributed by atoms with van der Waals surface area (Å²) in [5, 5.41) is 9.02. The number of aryl methyl sites for hydroxylation is 1. The number of rotatable bonds is 6. The second-order valence-corrected chi connectivity index (χ2v) is 5.68. The highest BCUT2D eigenvalue weighted by atomic mass is 16.5. The van der Waals surface area contributed by atoms with Crippen LogP contribution in [-0.4, -0.2) is 28.8 Å². The summed E-state index contributed by atoms with van der Waals surface area (Å²) in [4.78, 5) is 23.5. The normalized spacial score (nSPS) is 10.6. The molecule has 0 fully saturated rings.